The molecular formula is C31H31FN4O3. The number of aryl methyl sites for hydroxylation is 1. The van der Waals surface area contributed by atoms with E-state index in [1.807, 2.05) is 18.2 Å². The summed E-state index contributed by atoms with van der Waals surface area (Å²) in [7, 11) is 0. The van der Waals surface area contributed by atoms with Gasteiger partial charge in [-0.1, -0.05) is 35.9 Å². The molecule has 1 N–H and O–H groups in total. The number of aromatic nitrogens is 3. The zero-order valence-electron chi connectivity index (χ0n) is 21.7. The van der Waals surface area contributed by atoms with Crippen molar-refractivity contribution in [3.63, 3.8) is 0 Å². The Kier molecular flexibility index (Phi) is 7.11. The number of hydrogen-bond donors (Lipinski definition) is 1. The van der Waals surface area contributed by atoms with Crippen molar-refractivity contribution in [2.75, 3.05) is 18.1 Å². The molecule has 0 fully saturated rings. The normalized spacial score (nSPS) is 15.9. The van der Waals surface area contributed by atoms with E-state index in [0.717, 1.165) is 37.3 Å². The summed E-state index contributed by atoms with van der Waals surface area (Å²) in [6.45, 7) is 1.75. The third kappa shape index (κ3) is 5.16. The summed E-state index contributed by atoms with van der Waals surface area (Å²) in [5, 5.41) is 14.7. The van der Waals surface area contributed by atoms with Gasteiger partial charge in [0.15, 0.2) is 5.76 Å². The fraction of sp³-hybridized carbons (Fsp3) is 0.323. The second-order valence-electron chi connectivity index (χ2n) is 10.2. The van der Waals surface area contributed by atoms with E-state index >= 15 is 0 Å². The standard InChI is InChI=1S/C31H31FN4O3/c32-23-10-12-24(13-11-23)36-30(8-2-1-5-17-37)33-28-18-22(9-14-26(28)31(36)38)27-19-25(39-34-27)20-35-16-15-21-6-3-4-7-29(21)35/h3-4,6-7,10-14,18-19,22,37H,1-2,5,8-9,15-17,20H2. The van der Waals surface area contributed by atoms with Crippen LogP contribution in [0.25, 0.3) is 17.8 Å². The Balaban J connectivity index is 1.30. The summed E-state index contributed by atoms with van der Waals surface area (Å²) in [4.78, 5) is 20.9. The predicted octanol–water partition coefficient (Wildman–Crippen LogP) is 3.38. The first kappa shape index (κ1) is 25.2. The summed E-state index contributed by atoms with van der Waals surface area (Å²) in [5.74, 6) is 1.04. The van der Waals surface area contributed by atoms with Gasteiger partial charge < -0.3 is 14.5 Å². The van der Waals surface area contributed by atoms with Crippen molar-refractivity contribution in [3.8, 4) is 5.69 Å². The van der Waals surface area contributed by atoms with Crippen molar-refractivity contribution in [2.45, 2.75) is 51.0 Å². The van der Waals surface area contributed by atoms with E-state index in [1.54, 1.807) is 16.7 Å². The van der Waals surface area contributed by atoms with E-state index in [1.165, 1.54) is 23.4 Å². The van der Waals surface area contributed by atoms with Crippen LogP contribution in [0.1, 0.15) is 54.4 Å². The summed E-state index contributed by atoms with van der Waals surface area (Å²) in [5.41, 5.74) is 3.86. The molecule has 0 bridgehead atoms. The third-order valence-corrected chi connectivity index (χ3v) is 7.58. The topological polar surface area (TPSA) is 84.4 Å². The Bertz CT molecular complexity index is 1660. The highest BCUT2D eigenvalue weighted by Crippen LogP contribution is 2.30. The first-order valence-electron chi connectivity index (χ1n) is 13.6. The Hall–Kier alpha value is -4.04. The van der Waals surface area contributed by atoms with Crippen LogP contribution in [0.3, 0.4) is 0 Å². The minimum absolute atomic E-state index is 0.0447. The van der Waals surface area contributed by atoms with Crippen molar-refractivity contribution in [2.24, 2.45) is 0 Å². The fourth-order valence-electron chi connectivity index (χ4n) is 5.56. The molecule has 0 amide bonds. The Morgan fingerprint density at radius 1 is 1.08 bits per heavy atom. The number of anilines is 1. The molecule has 0 radical (unpaired) electrons. The zero-order chi connectivity index (χ0) is 26.8. The van der Waals surface area contributed by atoms with Crippen LogP contribution in [-0.4, -0.2) is 33.0 Å². The molecule has 1 aliphatic heterocycles. The van der Waals surface area contributed by atoms with Crippen molar-refractivity contribution >= 4 is 17.8 Å². The van der Waals surface area contributed by atoms with Crippen molar-refractivity contribution in [1.82, 2.24) is 14.7 Å². The summed E-state index contributed by atoms with van der Waals surface area (Å²) >= 11 is 0. The van der Waals surface area contributed by atoms with Crippen LogP contribution in [0.5, 0.6) is 0 Å². The van der Waals surface area contributed by atoms with E-state index in [9.17, 15) is 9.18 Å². The largest absolute Gasteiger partial charge is 0.396 e. The molecular weight excluding hydrogens is 495 g/mol. The van der Waals surface area contributed by atoms with Gasteiger partial charge in [-0.05, 0) is 67.7 Å². The van der Waals surface area contributed by atoms with E-state index in [-0.39, 0.29) is 23.9 Å². The minimum Gasteiger partial charge on any atom is -0.396 e. The molecule has 7 nitrogen and oxygen atoms in total. The maximum atomic E-state index is 13.6. The maximum absolute atomic E-state index is 13.6. The van der Waals surface area contributed by atoms with Crippen LogP contribution < -0.4 is 21.0 Å². The van der Waals surface area contributed by atoms with Gasteiger partial charge in [0.1, 0.15) is 11.6 Å². The number of aliphatic hydroxyl groups excluding tert-OH is 1. The molecule has 1 aliphatic carbocycles. The highest BCUT2D eigenvalue weighted by Gasteiger charge is 2.23. The smallest absolute Gasteiger partial charge is 0.265 e. The van der Waals surface area contributed by atoms with Gasteiger partial charge in [-0.25, -0.2) is 9.37 Å². The number of unbranched alkanes of at least 4 members (excludes halogenated alkanes) is 2. The number of hydrogen-bond acceptors (Lipinski definition) is 6. The van der Waals surface area contributed by atoms with Gasteiger partial charge in [0.25, 0.3) is 5.56 Å². The number of aliphatic hydroxyl groups is 1. The van der Waals surface area contributed by atoms with E-state index < -0.39 is 0 Å². The average molecular weight is 527 g/mol. The van der Waals surface area contributed by atoms with Gasteiger partial charge in [0.05, 0.1) is 28.5 Å². The molecule has 8 heteroatoms. The molecule has 0 saturated carbocycles. The van der Waals surface area contributed by atoms with Gasteiger partial charge in [0, 0.05) is 37.2 Å². The van der Waals surface area contributed by atoms with Crippen LogP contribution in [0.2, 0.25) is 0 Å². The third-order valence-electron chi connectivity index (χ3n) is 7.58. The SMILES string of the molecule is O=c1c2c(nc(CCCCCO)n1-c1ccc(F)cc1)=CC(c1cc(CN3CCc4ccccc43)on1)CC=2. The quantitative estimate of drug-likeness (QED) is 0.337. The van der Waals surface area contributed by atoms with Gasteiger partial charge in [0.2, 0.25) is 0 Å². The van der Waals surface area contributed by atoms with Gasteiger partial charge in [-0.2, -0.15) is 0 Å². The highest BCUT2D eigenvalue weighted by molar-refractivity contribution is 5.58. The first-order chi connectivity index (χ1) is 19.1. The molecule has 0 spiro atoms. The van der Waals surface area contributed by atoms with E-state index in [0.29, 0.717) is 47.9 Å². The lowest BCUT2D eigenvalue weighted by Gasteiger charge is -2.17. The molecule has 1 atom stereocenters. The molecule has 4 aromatic rings. The molecule has 3 heterocycles. The average Bonchev–Trinajstić information content (AvgIpc) is 3.59. The lowest BCUT2D eigenvalue weighted by atomic mass is 9.96. The number of benzene rings is 2. The highest BCUT2D eigenvalue weighted by atomic mass is 19.1. The first-order valence-corrected chi connectivity index (χ1v) is 13.6. The second kappa shape index (κ2) is 11.0. The molecule has 39 heavy (non-hydrogen) atoms. The molecule has 2 aromatic carbocycles. The van der Waals surface area contributed by atoms with E-state index in [2.05, 4.69) is 34.3 Å². The van der Waals surface area contributed by atoms with Crippen molar-refractivity contribution < 1.29 is 14.0 Å². The number of halogens is 1. The monoisotopic (exact) mass is 526 g/mol. The number of fused-ring (bicyclic) bond motifs is 2. The summed E-state index contributed by atoms with van der Waals surface area (Å²) in [6, 6.07) is 16.4. The Labute approximate surface area is 225 Å². The van der Waals surface area contributed by atoms with Crippen LogP contribution in [0.15, 0.2) is 63.9 Å². The fourth-order valence-corrected chi connectivity index (χ4v) is 5.56. The van der Waals surface area contributed by atoms with Gasteiger partial charge in [-0.3, -0.25) is 9.36 Å². The van der Waals surface area contributed by atoms with Crippen LogP contribution >= 0.6 is 0 Å². The zero-order valence-corrected chi connectivity index (χ0v) is 21.7. The Morgan fingerprint density at radius 3 is 2.77 bits per heavy atom. The molecule has 200 valence electrons. The molecule has 0 saturated heterocycles. The summed E-state index contributed by atoms with van der Waals surface area (Å²) < 4.78 is 20.9. The lowest BCUT2D eigenvalue weighted by Crippen LogP contribution is -2.49. The number of rotatable bonds is 9. The molecule has 1 unspecified atom stereocenters. The van der Waals surface area contributed by atoms with E-state index in [4.69, 9.17) is 14.6 Å². The maximum Gasteiger partial charge on any atom is 0.265 e. The van der Waals surface area contributed by atoms with Gasteiger partial charge >= 0.3 is 0 Å². The van der Waals surface area contributed by atoms with Crippen molar-refractivity contribution in [1.29, 1.82) is 0 Å². The Morgan fingerprint density at radius 2 is 1.92 bits per heavy atom. The minimum atomic E-state index is -0.356. The number of para-hydroxylation sites is 1. The molecule has 6 rings (SSSR count). The van der Waals surface area contributed by atoms with Crippen LogP contribution in [0.4, 0.5) is 10.1 Å². The molecule has 2 aromatic heterocycles. The number of nitrogens with zero attached hydrogens (tertiary/aromatic N) is 4. The van der Waals surface area contributed by atoms with Gasteiger partial charge in [-0.15, -0.1) is 0 Å². The van der Waals surface area contributed by atoms with Crippen LogP contribution in [0, 0.1) is 5.82 Å². The van der Waals surface area contributed by atoms with Crippen LogP contribution in [-0.2, 0) is 19.4 Å². The predicted molar refractivity (Wildman–Crippen MR) is 148 cm³/mol. The molecule has 2 aliphatic rings. The lowest BCUT2D eigenvalue weighted by molar-refractivity contribution is 0.283. The van der Waals surface area contributed by atoms with Crippen molar-refractivity contribution in [3.05, 3.63) is 104 Å². The summed E-state index contributed by atoms with van der Waals surface area (Å²) in [6.07, 6.45) is 8.46. The second-order valence-corrected chi connectivity index (χ2v) is 10.2.